The van der Waals surface area contributed by atoms with Crippen LogP contribution < -0.4 is 10.6 Å². The first-order valence-corrected chi connectivity index (χ1v) is 8.93. The summed E-state index contributed by atoms with van der Waals surface area (Å²) in [5.74, 6) is -1.09. The molecule has 6 heteroatoms. The van der Waals surface area contributed by atoms with E-state index in [1.165, 1.54) is 6.92 Å². The molecule has 2 amide bonds. The number of esters is 1. The third-order valence-electron chi connectivity index (χ3n) is 4.51. The molecule has 0 spiro atoms. The van der Waals surface area contributed by atoms with Gasteiger partial charge in [0.1, 0.15) is 5.54 Å². The van der Waals surface area contributed by atoms with Crippen molar-refractivity contribution in [3.05, 3.63) is 12.7 Å². The van der Waals surface area contributed by atoms with Crippen LogP contribution in [-0.2, 0) is 19.1 Å². The van der Waals surface area contributed by atoms with Crippen molar-refractivity contribution < 1.29 is 19.1 Å². The maximum Gasteiger partial charge on any atom is 0.306 e. The number of carbonyl (C=O) groups is 3. The van der Waals surface area contributed by atoms with Gasteiger partial charge in [-0.25, -0.2) is 0 Å². The predicted molar refractivity (Wildman–Crippen MR) is 96.7 cm³/mol. The summed E-state index contributed by atoms with van der Waals surface area (Å²) in [6.45, 7) is 12.9. The lowest BCUT2D eigenvalue weighted by Gasteiger charge is -2.46. The van der Waals surface area contributed by atoms with E-state index >= 15 is 0 Å². The minimum Gasteiger partial charge on any atom is -0.466 e. The van der Waals surface area contributed by atoms with Crippen LogP contribution in [0.5, 0.6) is 0 Å². The molecule has 1 aliphatic carbocycles. The molecule has 0 unspecified atom stereocenters. The second-order valence-corrected chi connectivity index (χ2v) is 7.84. The molecule has 1 saturated carbocycles. The maximum atomic E-state index is 13.2. The van der Waals surface area contributed by atoms with Gasteiger partial charge in [-0.2, -0.15) is 0 Å². The summed E-state index contributed by atoms with van der Waals surface area (Å²) < 4.78 is 5.07. The van der Waals surface area contributed by atoms with E-state index in [1.807, 2.05) is 26.8 Å². The van der Waals surface area contributed by atoms with Crippen LogP contribution in [0.2, 0.25) is 0 Å². The molecule has 0 heterocycles. The Morgan fingerprint density at radius 1 is 1.28 bits per heavy atom. The molecule has 0 bridgehead atoms. The Morgan fingerprint density at radius 3 is 2.40 bits per heavy atom. The first-order valence-electron chi connectivity index (χ1n) is 8.93. The molecule has 1 aliphatic rings. The number of amides is 2. The highest BCUT2D eigenvalue weighted by atomic mass is 16.5. The Kier molecular flexibility index (Phi) is 7.20. The highest BCUT2D eigenvalue weighted by molar-refractivity contribution is 5.92. The number of carbonyl (C=O) groups excluding carboxylic acids is 3. The second-order valence-electron chi connectivity index (χ2n) is 7.84. The average Bonchev–Trinajstić information content (AvgIpc) is 2.46. The third-order valence-corrected chi connectivity index (χ3v) is 4.51. The van der Waals surface area contributed by atoms with Crippen molar-refractivity contribution in [1.29, 1.82) is 0 Å². The summed E-state index contributed by atoms with van der Waals surface area (Å²) in [4.78, 5) is 37.1. The zero-order chi connectivity index (χ0) is 19.3. The lowest BCUT2D eigenvalue weighted by molar-refractivity contribution is -0.148. The maximum absolute atomic E-state index is 13.2. The fraction of sp³-hybridized carbons (Fsp3) is 0.737. The van der Waals surface area contributed by atoms with Gasteiger partial charge in [-0.1, -0.05) is 6.08 Å². The molecule has 0 aromatic heterocycles. The van der Waals surface area contributed by atoms with Crippen molar-refractivity contribution in [2.45, 2.75) is 71.4 Å². The first kappa shape index (κ1) is 21.2. The topological polar surface area (TPSA) is 84.5 Å². The number of hydrogen-bond donors (Lipinski definition) is 2. The van der Waals surface area contributed by atoms with Crippen LogP contribution in [0.1, 0.15) is 60.3 Å². The Hall–Kier alpha value is -1.85. The van der Waals surface area contributed by atoms with Crippen LogP contribution in [0.15, 0.2) is 12.7 Å². The van der Waals surface area contributed by atoms with E-state index in [0.29, 0.717) is 19.4 Å². The van der Waals surface area contributed by atoms with Gasteiger partial charge in [-0.05, 0) is 52.9 Å². The van der Waals surface area contributed by atoms with E-state index in [2.05, 4.69) is 17.2 Å². The second kappa shape index (κ2) is 8.50. The molecule has 142 valence electrons. The fourth-order valence-electron chi connectivity index (χ4n) is 3.50. The number of nitrogens with one attached hydrogen (secondary N) is 2. The fourth-order valence-corrected chi connectivity index (χ4v) is 3.50. The molecular formula is C19H32N2O4. The monoisotopic (exact) mass is 352 g/mol. The smallest absolute Gasteiger partial charge is 0.306 e. The van der Waals surface area contributed by atoms with Crippen LogP contribution in [0.3, 0.4) is 0 Å². The molecular weight excluding hydrogens is 320 g/mol. The van der Waals surface area contributed by atoms with Gasteiger partial charge in [0.05, 0.1) is 13.0 Å². The molecule has 0 radical (unpaired) electrons. The molecule has 25 heavy (non-hydrogen) atoms. The van der Waals surface area contributed by atoms with Gasteiger partial charge in [0.25, 0.3) is 0 Å². The highest BCUT2D eigenvalue weighted by Crippen LogP contribution is 2.40. The molecule has 3 atom stereocenters. The van der Waals surface area contributed by atoms with Gasteiger partial charge in [0.15, 0.2) is 0 Å². The molecule has 1 rings (SSSR count). The predicted octanol–water partition coefficient (Wildman–Crippen LogP) is 2.33. The lowest BCUT2D eigenvalue weighted by Crippen LogP contribution is -2.67. The molecule has 0 aromatic rings. The zero-order valence-electron chi connectivity index (χ0n) is 16.1. The Balaban J connectivity index is 3.24. The van der Waals surface area contributed by atoms with E-state index in [4.69, 9.17) is 4.74 Å². The summed E-state index contributed by atoms with van der Waals surface area (Å²) in [5, 5.41) is 5.85. The summed E-state index contributed by atoms with van der Waals surface area (Å²) in [5.41, 5.74) is -1.58. The SMILES string of the molecule is C=C[C@@H]1CC[C@@H](CC(=O)OCC)[C@@](NC(C)=O)(C(=O)NC(C)(C)C)C1. The van der Waals surface area contributed by atoms with E-state index in [0.717, 1.165) is 6.42 Å². The summed E-state index contributed by atoms with van der Waals surface area (Å²) in [7, 11) is 0. The van der Waals surface area contributed by atoms with Crippen LogP contribution in [0, 0.1) is 11.8 Å². The number of rotatable bonds is 6. The lowest BCUT2D eigenvalue weighted by atomic mass is 9.66. The van der Waals surface area contributed by atoms with Crippen LogP contribution in [0.25, 0.3) is 0 Å². The van der Waals surface area contributed by atoms with E-state index in [1.54, 1.807) is 6.92 Å². The summed E-state index contributed by atoms with van der Waals surface area (Å²) in [6.07, 6.45) is 3.84. The van der Waals surface area contributed by atoms with Crippen molar-refractivity contribution in [3.63, 3.8) is 0 Å². The molecule has 0 saturated heterocycles. The number of ether oxygens (including phenoxy) is 1. The molecule has 1 fully saturated rings. The van der Waals surface area contributed by atoms with E-state index in [-0.39, 0.29) is 36.0 Å². The highest BCUT2D eigenvalue weighted by Gasteiger charge is 2.51. The molecule has 0 aliphatic heterocycles. The van der Waals surface area contributed by atoms with Crippen molar-refractivity contribution >= 4 is 17.8 Å². The minimum atomic E-state index is -1.14. The summed E-state index contributed by atoms with van der Waals surface area (Å²) in [6, 6.07) is 0. The Bertz CT molecular complexity index is 524. The Labute approximate surface area is 150 Å². The van der Waals surface area contributed by atoms with Crippen molar-refractivity contribution in [3.8, 4) is 0 Å². The van der Waals surface area contributed by atoms with Gasteiger partial charge >= 0.3 is 5.97 Å². The van der Waals surface area contributed by atoms with Gasteiger partial charge < -0.3 is 15.4 Å². The molecule has 6 nitrogen and oxygen atoms in total. The van der Waals surface area contributed by atoms with E-state index < -0.39 is 11.1 Å². The standard InChI is InChI=1S/C19H32N2O4/c1-7-14-9-10-15(11-16(23)25-8-2)19(12-14,20-13(3)22)17(24)21-18(4,5)6/h7,14-15H,1,8-12H2,2-6H3,(H,20,22)(H,21,24)/t14-,15+,19-/m1/s1. The van der Waals surface area contributed by atoms with E-state index in [9.17, 15) is 14.4 Å². The summed E-state index contributed by atoms with van der Waals surface area (Å²) >= 11 is 0. The third kappa shape index (κ3) is 5.87. The van der Waals surface area contributed by atoms with Crippen LogP contribution in [0.4, 0.5) is 0 Å². The zero-order valence-corrected chi connectivity index (χ0v) is 16.1. The number of allylic oxidation sites excluding steroid dienone is 1. The Morgan fingerprint density at radius 2 is 1.92 bits per heavy atom. The van der Waals surface area contributed by atoms with Crippen LogP contribution in [-0.4, -0.2) is 35.5 Å². The quantitative estimate of drug-likeness (QED) is 0.567. The van der Waals surface area contributed by atoms with Gasteiger partial charge in [0.2, 0.25) is 11.8 Å². The van der Waals surface area contributed by atoms with Gasteiger partial charge in [0, 0.05) is 18.4 Å². The first-order chi connectivity index (χ1) is 11.5. The number of hydrogen-bond acceptors (Lipinski definition) is 4. The molecule has 0 aromatic carbocycles. The minimum absolute atomic E-state index is 0.107. The van der Waals surface area contributed by atoms with Crippen molar-refractivity contribution in [2.24, 2.45) is 11.8 Å². The van der Waals surface area contributed by atoms with Gasteiger partial charge in [-0.3, -0.25) is 14.4 Å². The molecule has 2 N–H and O–H groups in total. The van der Waals surface area contributed by atoms with Crippen molar-refractivity contribution in [2.75, 3.05) is 6.61 Å². The van der Waals surface area contributed by atoms with Crippen LogP contribution >= 0.6 is 0 Å². The normalized spacial score (nSPS) is 26.4. The average molecular weight is 352 g/mol. The van der Waals surface area contributed by atoms with Crippen molar-refractivity contribution in [1.82, 2.24) is 10.6 Å². The van der Waals surface area contributed by atoms with Gasteiger partial charge in [-0.15, -0.1) is 6.58 Å². The largest absolute Gasteiger partial charge is 0.466 e.